The van der Waals surface area contributed by atoms with Crippen molar-refractivity contribution in [2.45, 2.75) is 83.1 Å². The summed E-state index contributed by atoms with van der Waals surface area (Å²) in [4.78, 5) is 9.96. The van der Waals surface area contributed by atoms with E-state index in [1.54, 1.807) is 0 Å². The van der Waals surface area contributed by atoms with Crippen LogP contribution in [0.3, 0.4) is 0 Å². The van der Waals surface area contributed by atoms with Crippen molar-refractivity contribution in [3.05, 3.63) is 479 Å². The average Bonchev–Trinajstić information content (AvgIpc) is 0.704. The summed E-state index contributed by atoms with van der Waals surface area (Å²) in [5.41, 5.74) is 43.0. The molecule has 4 nitrogen and oxygen atoms in total. The second-order valence-corrected chi connectivity index (χ2v) is 36.2. The molecule has 0 radical (unpaired) electrons. The fourth-order valence-corrected chi connectivity index (χ4v) is 20.2. The van der Waals surface area contributed by atoms with Crippen LogP contribution in [-0.2, 0) is 0 Å². The van der Waals surface area contributed by atoms with Crippen molar-refractivity contribution in [3.63, 3.8) is 0 Å². The number of benzene rings is 22. The molecule has 0 atom stereocenters. The van der Waals surface area contributed by atoms with Gasteiger partial charge >= 0.3 is 0 Å². The Morgan fingerprint density at radius 3 is 0.576 bits per heavy atom. The summed E-state index contributed by atoms with van der Waals surface area (Å²) in [6.07, 6.45) is 0. The lowest BCUT2D eigenvalue weighted by Crippen LogP contribution is -2.13. The molecule has 0 N–H and O–H groups in total. The zero-order valence-electron chi connectivity index (χ0n) is 77.0. The van der Waals surface area contributed by atoms with E-state index >= 15 is 0 Å². The van der Waals surface area contributed by atoms with Crippen LogP contribution in [0.2, 0.25) is 0 Å². The molecule has 636 valence electrons. The first-order chi connectivity index (χ1) is 64.4. The third kappa shape index (κ3) is 15.2. The van der Waals surface area contributed by atoms with Crippen LogP contribution in [0.25, 0.3) is 131 Å². The smallest absolute Gasteiger partial charge is 0.0546 e. The number of rotatable bonds is 18. The Labute approximate surface area is 776 Å². The molecule has 0 aliphatic carbocycles. The van der Waals surface area contributed by atoms with Gasteiger partial charge < -0.3 is 19.6 Å². The highest BCUT2D eigenvalue weighted by molar-refractivity contribution is 6.35. The first kappa shape index (κ1) is 83.1. The molecule has 22 aromatic carbocycles. The van der Waals surface area contributed by atoms with Gasteiger partial charge in [-0.1, -0.05) is 291 Å². The SMILES string of the molecule is Cc1ccc(N(c2ccc(C)c(C)c2)c2cc(-c3ccccc3)c3ccc4c(N(c5ccc(C)c(C)c5)c5ccc(C)c(C)c5)cc(-c5ccccc5)c5ccc2c3c54)cc1C.Cc1cccc(N(c2cccc(C)c2)c2cc(-c3ccccc3-c3ccccc3)c3ccc4c(N(c5cccc(C)c5)c5cccc(C)c5)cc(-c5ccccc5-c5ccccc5)c5ccc2c3c54)c1. The van der Waals surface area contributed by atoms with Gasteiger partial charge in [0.15, 0.2) is 0 Å². The van der Waals surface area contributed by atoms with Gasteiger partial charge in [0.25, 0.3) is 0 Å². The van der Waals surface area contributed by atoms with Crippen LogP contribution in [0.15, 0.2) is 413 Å². The zero-order chi connectivity index (χ0) is 90.1. The van der Waals surface area contributed by atoms with Gasteiger partial charge in [-0.15, -0.1) is 0 Å². The van der Waals surface area contributed by atoms with Crippen LogP contribution >= 0.6 is 0 Å². The molecular weight excluding hydrogens is 1590 g/mol. The maximum Gasteiger partial charge on any atom is 0.0546 e. The molecular formula is C128H104N4. The van der Waals surface area contributed by atoms with Crippen LogP contribution < -0.4 is 19.6 Å². The van der Waals surface area contributed by atoms with Crippen molar-refractivity contribution >= 4 is 133 Å². The zero-order valence-corrected chi connectivity index (χ0v) is 77.0. The Bertz CT molecular complexity index is 7490. The minimum atomic E-state index is 1.12. The molecule has 22 rings (SSSR count). The minimum Gasteiger partial charge on any atom is -0.310 e. The van der Waals surface area contributed by atoms with E-state index in [2.05, 4.69) is 515 Å². The van der Waals surface area contributed by atoms with E-state index in [9.17, 15) is 0 Å². The fourth-order valence-electron chi connectivity index (χ4n) is 20.2. The van der Waals surface area contributed by atoms with Crippen molar-refractivity contribution < 1.29 is 0 Å². The maximum atomic E-state index is 2.49. The number of nitrogens with zero attached hydrogens (tertiary/aromatic N) is 4. The topological polar surface area (TPSA) is 13.0 Å². The average molecular weight is 1700 g/mol. The van der Waals surface area contributed by atoms with Crippen LogP contribution in [0, 0.1) is 83.1 Å². The molecule has 0 spiro atoms. The third-order valence-electron chi connectivity index (χ3n) is 27.5. The summed E-state index contributed by atoms with van der Waals surface area (Å²) in [5, 5.41) is 14.8. The molecule has 0 saturated heterocycles. The van der Waals surface area contributed by atoms with E-state index < -0.39 is 0 Å². The Hall–Kier alpha value is -15.9. The van der Waals surface area contributed by atoms with Gasteiger partial charge in [-0.2, -0.15) is 0 Å². The molecule has 0 aliphatic rings. The predicted octanol–water partition coefficient (Wildman–Crippen LogP) is 36.8. The molecule has 0 heterocycles. The molecule has 4 heteroatoms. The number of hydrogen-bond donors (Lipinski definition) is 0. The van der Waals surface area contributed by atoms with Crippen molar-refractivity contribution in [1.82, 2.24) is 0 Å². The Morgan fingerprint density at radius 1 is 0.129 bits per heavy atom. The second kappa shape index (κ2) is 34.6. The van der Waals surface area contributed by atoms with E-state index in [1.165, 1.54) is 198 Å². The van der Waals surface area contributed by atoms with Crippen LogP contribution in [-0.4, -0.2) is 0 Å². The van der Waals surface area contributed by atoms with Gasteiger partial charge in [0, 0.05) is 88.6 Å². The van der Waals surface area contributed by atoms with Crippen molar-refractivity contribution in [1.29, 1.82) is 0 Å². The van der Waals surface area contributed by atoms with Crippen molar-refractivity contribution in [3.8, 4) is 66.8 Å². The lowest BCUT2D eigenvalue weighted by molar-refractivity contribution is 1.24. The molecule has 132 heavy (non-hydrogen) atoms. The summed E-state index contributed by atoms with van der Waals surface area (Å²) < 4.78 is 0. The summed E-state index contributed by atoms with van der Waals surface area (Å²) in [6.45, 7) is 26.4. The largest absolute Gasteiger partial charge is 0.310 e. The van der Waals surface area contributed by atoms with Crippen molar-refractivity contribution in [2.75, 3.05) is 19.6 Å². The molecule has 0 fully saturated rings. The van der Waals surface area contributed by atoms with Crippen LogP contribution in [0.5, 0.6) is 0 Å². The Morgan fingerprint density at radius 2 is 0.333 bits per heavy atom. The Kier molecular flexibility index (Phi) is 21.8. The monoisotopic (exact) mass is 1700 g/mol. The van der Waals surface area contributed by atoms with E-state index in [0.29, 0.717) is 0 Å². The first-order valence-corrected chi connectivity index (χ1v) is 46.2. The second-order valence-electron chi connectivity index (χ2n) is 36.2. The van der Waals surface area contributed by atoms with Gasteiger partial charge in [-0.05, 0) is 359 Å². The van der Waals surface area contributed by atoms with Crippen molar-refractivity contribution in [2.24, 2.45) is 0 Å². The highest BCUT2D eigenvalue weighted by Crippen LogP contribution is 2.57. The standard InChI is InChI=1S/C68H52N2.C60H52N2/c1-45-19-15-27-51(39-45)69(52-28-16-20-46(2)40-52)65-43-63(57-33-13-11-31-55(57)49-23-7-5-8-24-49)59-36-38-62-66(70(53-29-17-21-47(3)41-53)54-30-18-22-48(4)42-54)44-64(60-35-37-61(65)67(59)68(60)62)58-34-14-12-32-56(58)50-25-9-6-10-26-50;1-37-19-23-47(31-41(37)5)61(48-24-20-38(2)42(6)32-48)57-35-55(45-15-11-9-12-16-45)51-28-30-54-58(36-56(46-17-13-10-14-18-46)52-27-29-53(57)59(51)60(52)54)62(49-25-21-39(3)43(7)33-49)50-26-22-40(4)44(8)34-50/h5-44H,1-4H3;9-36H,1-8H3. The van der Waals surface area contributed by atoms with E-state index in [1.807, 2.05) is 0 Å². The van der Waals surface area contributed by atoms with Gasteiger partial charge in [0.05, 0.1) is 22.7 Å². The highest BCUT2D eigenvalue weighted by Gasteiger charge is 2.31. The third-order valence-corrected chi connectivity index (χ3v) is 27.5. The van der Waals surface area contributed by atoms with E-state index in [4.69, 9.17) is 0 Å². The molecule has 0 unspecified atom stereocenters. The number of aryl methyl sites for hydroxylation is 12. The quantitative estimate of drug-likeness (QED) is 0.0794. The van der Waals surface area contributed by atoms with Gasteiger partial charge in [-0.25, -0.2) is 0 Å². The highest BCUT2D eigenvalue weighted by atomic mass is 15.2. The fraction of sp³-hybridized carbons (Fsp3) is 0.0938. The molecule has 0 aliphatic heterocycles. The first-order valence-electron chi connectivity index (χ1n) is 46.2. The normalized spacial score (nSPS) is 11.5. The summed E-state index contributed by atoms with van der Waals surface area (Å²) >= 11 is 0. The van der Waals surface area contributed by atoms with Crippen LogP contribution in [0.1, 0.15) is 66.8 Å². The molecule has 22 aromatic rings. The molecule has 0 saturated carbocycles. The lowest BCUT2D eigenvalue weighted by atomic mass is 9.83. The number of anilines is 12. The molecule has 0 bridgehead atoms. The minimum absolute atomic E-state index is 1.12. The summed E-state index contributed by atoms with van der Waals surface area (Å²) in [7, 11) is 0. The van der Waals surface area contributed by atoms with Crippen LogP contribution in [0.4, 0.5) is 68.2 Å². The summed E-state index contributed by atoms with van der Waals surface area (Å²) in [6, 6.07) is 154. The lowest BCUT2D eigenvalue weighted by Gasteiger charge is -2.31. The molecule has 0 aromatic heterocycles. The van der Waals surface area contributed by atoms with Gasteiger partial charge in [0.2, 0.25) is 0 Å². The van der Waals surface area contributed by atoms with E-state index in [0.717, 1.165) is 68.2 Å². The number of hydrogen-bond acceptors (Lipinski definition) is 4. The predicted molar refractivity (Wildman–Crippen MR) is 568 cm³/mol. The van der Waals surface area contributed by atoms with E-state index in [-0.39, 0.29) is 0 Å². The maximum absolute atomic E-state index is 2.49. The van der Waals surface area contributed by atoms with Gasteiger partial charge in [0.1, 0.15) is 0 Å². The Balaban J connectivity index is 0.000000160. The van der Waals surface area contributed by atoms with Gasteiger partial charge in [-0.3, -0.25) is 0 Å². The summed E-state index contributed by atoms with van der Waals surface area (Å²) in [5.74, 6) is 0. The molecule has 0 amide bonds.